The van der Waals surface area contributed by atoms with Gasteiger partial charge in [-0.3, -0.25) is 4.79 Å². The summed E-state index contributed by atoms with van der Waals surface area (Å²) in [4.78, 5) is 24.5. The second kappa shape index (κ2) is 12.1. The summed E-state index contributed by atoms with van der Waals surface area (Å²) >= 11 is 3.33. The van der Waals surface area contributed by atoms with Gasteiger partial charge in [0.05, 0.1) is 16.6 Å². The van der Waals surface area contributed by atoms with Crippen molar-refractivity contribution in [3.63, 3.8) is 0 Å². The molecule has 0 radical (unpaired) electrons. The van der Waals surface area contributed by atoms with Crippen molar-refractivity contribution >= 4 is 44.0 Å². The summed E-state index contributed by atoms with van der Waals surface area (Å²) in [7, 11) is -4.14. The molecule has 41 heavy (non-hydrogen) atoms. The van der Waals surface area contributed by atoms with E-state index in [1.807, 2.05) is 32.0 Å². The molecule has 1 aliphatic heterocycles. The van der Waals surface area contributed by atoms with Crippen molar-refractivity contribution < 1.29 is 17.9 Å². The molecule has 0 unspecified atom stereocenters. The number of aryl methyl sites for hydroxylation is 2. The molecule has 2 heterocycles. The normalized spacial score (nSPS) is 17.4. The number of ether oxygens (including phenoxy) is 1. The highest BCUT2D eigenvalue weighted by molar-refractivity contribution is 9.12. The second-order valence-electron chi connectivity index (χ2n) is 11.2. The predicted molar refractivity (Wildman–Crippen MR) is 164 cm³/mol. The van der Waals surface area contributed by atoms with E-state index in [1.165, 1.54) is 18.2 Å². The van der Waals surface area contributed by atoms with Crippen LogP contribution in [0.3, 0.4) is 0 Å². The number of benzene rings is 2. The fraction of sp³-hybridized carbons (Fsp3) is 0.333. The topological polar surface area (TPSA) is 125 Å². The molecule has 216 valence electrons. The van der Waals surface area contributed by atoms with Crippen LogP contribution in [0.25, 0.3) is 11.3 Å². The minimum absolute atomic E-state index is 0.0883. The Morgan fingerprint density at radius 1 is 1.15 bits per heavy atom. The van der Waals surface area contributed by atoms with Gasteiger partial charge in [0.15, 0.2) is 0 Å². The van der Waals surface area contributed by atoms with E-state index in [2.05, 4.69) is 51.4 Å². The highest BCUT2D eigenvalue weighted by Crippen LogP contribution is 2.31. The number of rotatable bonds is 5. The Morgan fingerprint density at radius 2 is 1.83 bits per heavy atom. The summed E-state index contributed by atoms with van der Waals surface area (Å²) in [6.07, 6.45) is 3.46. The van der Waals surface area contributed by atoms with Crippen molar-refractivity contribution in [2.24, 2.45) is 5.41 Å². The quantitative estimate of drug-likeness (QED) is 0.324. The number of hydrogen-bond acceptors (Lipinski definition) is 7. The molecule has 0 saturated carbocycles. The third-order valence-corrected chi connectivity index (χ3v) is 8.53. The summed E-state index contributed by atoms with van der Waals surface area (Å²) in [6, 6.07) is 13.1. The maximum absolute atomic E-state index is 13.9. The van der Waals surface area contributed by atoms with Crippen molar-refractivity contribution in [3.05, 3.63) is 75.8 Å². The Morgan fingerprint density at radius 3 is 2.49 bits per heavy atom. The molecule has 0 fully saturated rings. The number of halogens is 1. The van der Waals surface area contributed by atoms with Crippen molar-refractivity contribution in [2.45, 2.75) is 52.0 Å². The SMILES string of the molecule is Cc1cccc(C)c1-c1cc2nc(n1)NS(=O)(=O)c1cccc(c1)C(=O)N(C/C=C(/Br)C=N)[C@H](CC(C)(C)C)CO2. The van der Waals surface area contributed by atoms with Crippen LogP contribution in [-0.4, -0.2) is 54.6 Å². The van der Waals surface area contributed by atoms with Crippen LogP contribution >= 0.6 is 15.9 Å². The van der Waals surface area contributed by atoms with Gasteiger partial charge in [0.25, 0.3) is 15.9 Å². The van der Waals surface area contributed by atoms with E-state index in [4.69, 9.17) is 10.1 Å². The van der Waals surface area contributed by atoms with Gasteiger partial charge in [0.2, 0.25) is 11.8 Å². The van der Waals surface area contributed by atoms with Crippen molar-refractivity contribution in [1.82, 2.24) is 14.9 Å². The summed E-state index contributed by atoms with van der Waals surface area (Å²) in [6.45, 7) is 10.5. The van der Waals surface area contributed by atoms with Gasteiger partial charge in [-0.05, 0) is 77.0 Å². The molecule has 3 aromatic rings. The lowest BCUT2D eigenvalue weighted by Crippen LogP contribution is -2.45. The van der Waals surface area contributed by atoms with Gasteiger partial charge in [-0.15, -0.1) is 0 Å². The van der Waals surface area contributed by atoms with E-state index < -0.39 is 16.1 Å². The number of hydrogen-bond donors (Lipinski definition) is 2. The van der Waals surface area contributed by atoms with Gasteiger partial charge in [0.1, 0.15) is 6.61 Å². The van der Waals surface area contributed by atoms with Crippen LogP contribution in [0.1, 0.15) is 48.7 Å². The number of anilines is 1. The Balaban J connectivity index is 1.92. The molecule has 4 bridgehead atoms. The van der Waals surface area contributed by atoms with Gasteiger partial charge in [-0.1, -0.05) is 45.0 Å². The van der Waals surface area contributed by atoms with E-state index in [9.17, 15) is 13.2 Å². The molecular weight excluding hydrogens is 606 g/mol. The Labute approximate surface area is 249 Å². The van der Waals surface area contributed by atoms with Crippen molar-refractivity contribution in [1.29, 1.82) is 5.41 Å². The zero-order chi connectivity index (χ0) is 29.9. The highest BCUT2D eigenvalue weighted by Gasteiger charge is 2.31. The van der Waals surface area contributed by atoms with Crippen LogP contribution in [0.15, 0.2) is 64.0 Å². The standard InChI is InChI=1S/C30H34BrN5O4S/c1-19-8-6-9-20(2)27(19)25-15-26-34-29(33-25)35-41(38,39)24-11-7-10-21(14-24)28(37)36(13-12-22(31)17-32)23(18-40-26)16-30(3,4)5/h6-12,14-15,17,23,32H,13,16,18H2,1-5H3,(H,33,34,35)/b22-12+,32-17?/t23-/m1/s1. The lowest BCUT2D eigenvalue weighted by atomic mass is 9.87. The molecule has 0 spiro atoms. The van der Waals surface area contributed by atoms with E-state index in [0.717, 1.165) is 22.9 Å². The van der Waals surface area contributed by atoms with Crippen molar-refractivity contribution in [3.8, 4) is 17.1 Å². The Bertz CT molecular complexity index is 1600. The van der Waals surface area contributed by atoms with E-state index in [1.54, 1.807) is 23.1 Å². The molecule has 1 aliphatic rings. The third kappa shape index (κ3) is 7.39. The lowest BCUT2D eigenvalue weighted by Gasteiger charge is -2.35. The fourth-order valence-corrected chi connectivity index (χ4v) is 5.96. The maximum atomic E-state index is 13.9. The number of nitrogens with one attached hydrogen (secondary N) is 2. The van der Waals surface area contributed by atoms with Gasteiger partial charge in [0, 0.05) is 34.4 Å². The molecule has 2 aromatic carbocycles. The molecule has 4 rings (SSSR count). The molecule has 1 atom stereocenters. The monoisotopic (exact) mass is 639 g/mol. The van der Waals surface area contributed by atoms with Gasteiger partial charge in [-0.25, -0.2) is 18.1 Å². The molecule has 9 nitrogen and oxygen atoms in total. The van der Waals surface area contributed by atoms with Crippen molar-refractivity contribution in [2.75, 3.05) is 17.9 Å². The lowest BCUT2D eigenvalue weighted by molar-refractivity contribution is 0.0572. The first-order valence-electron chi connectivity index (χ1n) is 13.2. The smallest absolute Gasteiger partial charge is 0.264 e. The van der Waals surface area contributed by atoms with Crippen LogP contribution in [0.5, 0.6) is 5.88 Å². The number of allylic oxidation sites excluding steroid dienone is 1. The van der Waals surface area contributed by atoms with Gasteiger partial charge < -0.3 is 15.0 Å². The first-order valence-corrected chi connectivity index (χ1v) is 15.4. The number of sulfonamides is 1. The van der Waals surface area contributed by atoms with Gasteiger partial charge in [-0.2, -0.15) is 4.98 Å². The van der Waals surface area contributed by atoms with E-state index >= 15 is 0 Å². The minimum Gasteiger partial charge on any atom is -0.475 e. The highest BCUT2D eigenvalue weighted by atomic mass is 79.9. The second-order valence-corrected chi connectivity index (χ2v) is 13.8. The zero-order valence-electron chi connectivity index (χ0n) is 23.7. The van der Waals surface area contributed by atoms with Crippen LogP contribution in [0.4, 0.5) is 5.95 Å². The average Bonchev–Trinajstić information content (AvgIpc) is 2.90. The molecule has 0 saturated heterocycles. The molecule has 11 heteroatoms. The molecule has 1 amide bonds. The average molecular weight is 641 g/mol. The number of aromatic nitrogens is 2. The molecule has 0 aliphatic carbocycles. The number of amides is 1. The van der Waals surface area contributed by atoms with Crippen LogP contribution in [0, 0.1) is 24.7 Å². The minimum atomic E-state index is -4.14. The number of carbonyl (C=O) groups excluding carboxylic acids is 1. The number of fused-ring (bicyclic) bond motifs is 4. The summed E-state index contributed by atoms with van der Waals surface area (Å²) in [5.74, 6) is -0.295. The van der Waals surface area contributed by atoms with Crippen LogP contribution < -0.4 is 9.46 Å². The largest absolute Gasteiger partial charge is 0.475 e. The van der Waals surface area contributed by atoms with Crippen LogP contribution in [0.2, 0.25) is 0 Å². The van der Waals surface area contributed by atoms with Crippen LogP contribution in [-0.2, 0) is 10.0 Å². The Kier molecular flexibility index (Phi) is 8.98. The summed E-state index contributed by atoms with van der Waals surface area (Å²) in [5, 5.41) is 7.54. The maximum Gasteiger partial charge on any atom is 0.264 e. The number of nitrogens with zero attached hydrogens (tertiary/aromatic N) is 3. The first-order chi connectivity index (χ1) is 19.3. The summed E-state index contributed by atoms with van der Waals surface area (Å²) < 4.78 is 36.1. The van der Waals surface area contributed by atoms with E-state index in [0.29, 0.717) is 16.6 Å². The predicted octanol–water partition coefficient (Wildman–Crippen LogP) is 6.13. The Hall–Kier alpha value is -3.57. The number of carbonyl (C=O) groups is 1. The van der Waals surface area contributed by atoms with E-state index in [-0.39, 0.29) is 46.8 Å². The molecule has 1 aromatic heterocycles. The molecule has 2 N–H and O–H groups in total. The third-order valence-electron chi connectivity index (χ3n) is 6.65. The molecular formula is C30H34BrN5O4S. The summed E-state index contributed by atoms with van der Waals surface area (Å²) in [5.41, 5.74) is 3.37. The fourth-order valence-electron chi connectivity index (χ4n) is 4.82. The first kappa shape index (κ1) is 30.4. The van der Waals surface area contributed by atoms with Gasteiger partial charge >= 0.3 is 0 Å². The zero-order valence-corrected chi connectivity index (χ0v) is 26.1.